The molecule has 0 radical (unpaired) electrons. The van der Waals surface area contributed by atoms with Gasteiger partial charge in [0.25, 0.3) is 0 Å². The van der Waals surface area contributed by atoms with E-state index in [1.807, 2.05) is 0 Å². The Labute approximate surface area is 115 Å². The van der Waals surface area contributed by atoms with Gasteiger partial charge in [-0.2, -0.15) is 0 Å². The van der Waals surface area contributed by atoms with Crippen molar-refractivity contribution in [3.8, 4) is 0 Å². The molecule has 0 saturated heterocycles. The Morgan fingerprint density at radius 1 is 1.45 bits per heavy atom. The van der Waals surface area contributed by atoms with Crippen molar-refractivity contribution in [2.45, 2.75) is 25.7 Å². The molecule has 1 aliphatic carbocycles. The average Bonchev–Trinajstić information content (AvgIpc) is 2.82. The summed E-state index contributed by atoms with van der Waals surface area (Å²) in [6, 6.07) is 6.61. The fourth-order valence-corrected chi connectivity index (χ4v) is 2.66. The number of imidazole rings is 1. The number of carboxylic acids is 1. The van der Waals surface area contributed by atoms with Crippen molar-refractivity contribution in [3.05, 3.63) is 52.9 Å². The zero-order chi connectivity index (χ0) is 14.1. The van der Waals surface area contributed by atoms with E-state index in [4.69, 9.17) is 5.11 Å². The summed E-state index contributed by atoms with van der Waals surface area (Å²) in [5.74, 6) is -0.651. The number of halogens is 1. The molecule has 2 N–H and O–H groups in total. The molecule has 3 rings (SSSR count). The first-order valence-electron chi connectivity index (χ1n) is 6.66. The first-order chi connectivity index (χ1) is 9.63. The van der Waals surface area contributed by atoms with Gasteiger partial charge in [-0.25, -0.2) is 9.37 Å². The Bertz CT molecular complexity index is 651. The van der Waals surface area contributed by atoms with Gasteiger partial charge in [0.2, 0.25) is 0 Å². The van der Waals surface area contributed by atoms with E-state index in [9.17, 15) is 9.18 Å². The molecule has 0 saturated carbocycles. The van der Waals surface area contributed by atoms with Crippen LogP contribution < -0.4 is 0 Å². The Kier molecular flexibility index (Phi) is 3.26. The van der Waals surface area contributed by atoms with Gasteiger partial charge < -0.3 is 10.1 Å². The molecule has 1 aromatic heterocycles. The van der Waals surface area contributed by atoms with Crippen LogP contribution in [0.1, 0.15) is 29.2 Å². The van der Waals surface area contributed by atoms with E-state index in [1.54, 1.807) is 18.2 Å². The number of carboxylic acid groups (broad SMARTS) is 1. The Balaban J connectivity index is 1.81. The predicted molar refractivity (Wildman–Crippen MR) is 70.9 cm³/mol. The maximum atomic E-state index is 13.6. The van der Waals surface area contributed by atoms with Crippen LogP contribution in [0.2, 0.25) is 0 Å². The van der Waals surface area contributed by atoms with Gasteiger partial charge in [0, 0.05) is 18.5 Å². The summed E-state index contributed by atoms with van der Waals surface area (Å²) in [6.07, 6.45) is 2.17. The third kappa shape index (κ3) is 2.43. The third-order valence-electron chi connectivity index (χ3n) is 3.76. The molecule has 1 unspecified atom stereocenters. The molecule has 104 valence electrons. The molecule has 1 aromatic carbocycles. The van der Waals surface area contributed by atoms with Gasteiger partial charge in [-0.15, -0.1) is 0 Å². The largest absolute Gasteiger partial charge is 0.481 e. The van der Waals surface area contributed by atoms with Crippen LogP contribution in [-0.2, 0) is 24.1 Å². The highest BCUT2D eigenvalue weighted by Crippen LogP contribution is 2.25. The van der Waals surface area contributed by atoms with Crippen LogP contribution in [0, 0.1) is 11.7 Å². The number of hydrogen-bond donors (Lipinski definition) is 2. The zero-order valence-corrected chi connectivity index (χ0v) is 10.9. The van der Waals surface area contributed by atoms with Crippen molar-refractivity contribution >= 4 is 5.97 Å². The molecule has 20 heavy (non-hydrogen) atoms. The highest BCUT2D eigenvalue weighted by atomic mass is 19.1. The lowest BCUT2D eigenvalue weighted by Crippen LogP contribution is -2.22. The summed E-state index contributed by atoms with van der Waals surface area (Å²) in [6.45, 7) is 0. The Morgan fingerprint density at radius 3 is 3.00 bits per heavy atom. The fraction of sp³-hybridized carbons (Fsp3) is 0.333. The topological polar surface area (TPSA) is 66.0 Å². The van der Waals surface area contributed by atoms with E-state index in [2.05, 4.69) is 9.97 Å². The fourth-order valence-electron chi connectivity index (χ4n) is 2.66. The van der Waals surface area contributed by atoms with Gasteiger partial charge in [-0.3, -0.25) is 4.79 Å². The number of aromatic amines is 1. The zero-order valence-electron chi connectivity index (χ0n) is 10.9. The smallest absolute Gasteiger partial charge is 0.306 e. The van der Waals surface area contributed by atoms with E-state index in [0.717, 1.165) is 11.4 Å². The molecule has 1 heterocycles. The van der Waals surface area contributed by atoms with E-state index < -0.39 is 5.97 Å². The molecule has 0 fully saturated rings. The number of H-pyrrole nitrogens is 1. The summed E-state index contributed by atoms with van der Waals surface area (Å²) in [5.41, 5.74) is 2.40. The molecule has 1 atom stereocenters. The van der Waals surface area contributed by atoms with E-state index >= 15 is 0 Å². The minimum absolute atomic E-state index is 0.245. The van der Waals surface area contributed by atoms with Crippen LogP contribution in [0.4, 0.5) is 4.39 Å². The van der Waals surface area contributed by atoms with Crippen molar-refractivity contribution < 1.29 is 14.3 Å². The van der Waals surface area contributed by atoms with Crippen LogP contribution in [0.15, 0.2) is 24.3 Å². The number of carbonyl (C=O) groups is 1. The SMILES string of the molecule is O=C(O)C1CCc2nc(Cc3ccccc3F)[nH]c2C1. The average molecular weight is 274 g/mol. The van der Waals surface area contributed by atoms with Gasteiger partial charge in [0.1, 0.15) is 11.6 Å². The lowest BCUT2D eigenvalue weighted by molar-refractivity contribution is -0.142. The number of aryl methyl sites for hydroxylation is 1. The van der Waals surface area contributed by atoms with E-state index in [0.29, 0.717) is 37.1 Å². The monoisotopic (exact) mass is 274 g/mol. The normalized spacial score (nSPS) is 17.8. The summed E-state index contributed by atoms with van der Waals surface area (Å²) in [5, 5.41) is 9.06. The Morgan fingerprint density at radius 2 is 2.25 bits per heavy atom. The lowest BCUT2D eigenvalue weighted by atomic mass is 9.90. The van der Waals surface area contributed by atoms with Crippen LogP contribution in [0.25, 0.3) is 0 Å². The number of hydrogen-bond acceptors (Lipinski definition) is 2. The molecule has 4 nitrogen and oxygen atoms in total. The van der Waals surface area contributed by atoms with Crippen molar-refractivity contribution in [2.24, 2.45) is 5.92 Å². The first-order valence-corrected chi connectivity index (χ1v) is 6.66. The first kappa shape index (κ1) is 12.8. The second-order valence-corrected chi connectivity index (χ2v) is 5.15. The number of nitrogens with one attached hydrogen (secondary N) is 1. The minimum Gasteiger partial charge on any atom is -0.481 e. The number of aromatic nitrogens is 2. The summed E-state index contributed by atoms with van der Waals surface area (Å²) in [7, 11) is 0. The second-order valence-electron chi connectivity index (χ2n) is 5.15. The maximum absolute atomic E-state index is 13.6. The predicted octanol–water partition coefficient (Wildman–Crippen LogP) is 2.33. The molecule has 0 spiro atoms. The van der Waals surface area contributed by atoms with Crippen molar-refractivity contribution in [1.82, 2.24) is 9.97 Å². The van der Waals surface area contributed by atoms with Gasteiger partial charge in [0.05, 0.1) is 11.6 Å². The molecule has 0 bridgehead atoms. The van der Waals surface area contributed by atoms with Crippen LogP contribution >= 0.6 is 0 Å². The highest BCUT2D eigenvalue weighted by Gasteiger charge is 2.26. The summed E-state index contributed by atoms with van der Waals surface area (Å²) in [4.78, 5) is 18.6. The number of nitrogens with zero attached hydrogens (tertiary/aromatic N) is 1. The number of benzene rings is 1. The minimum atomic E-state index is -0.763. The van der Waals surface area contributed by atoms with Gasteiger partial charge in [-0.1, -0.05) is 18.2 Å². The summed E-state index contributed by atoms with van der Waals surface area (Å²) >= 11 is 0. The summed E-state index contributed by atoms with van der Waals surface area (Å²) < 4.78 is 13.6. The number of aliphatic carboxylic acids is 1. The Hall–Kier alpha value is -2.17. The van der Waals surface area contributed by atoms with Crippen LogP contribution in [-0.4, -0.2) is 21.0 Å². The van der Waals surface area contributed by atoms with Gasteiger partial charge in [-0.05, 0) is 24.5 Å². The number of rotatable bonds is 3. The standard InChI is InChI=1S/C15H15FN2O2/c16-11-4-2-1-3-9(11)8-14-17-12-6-5-10(15(19)20)7-13(12)18-14/h1-4,10H,5-8H2,(H,17,18)(H,19,20). The van der Waals surface area contributed by atoms with Crippen molar-refractivity contribution in [1.29, 1.82) is 0 Å². The van der Waals surface area contributed by atoms with Crippen molar-refractivity contribution in [3.63, 3.8) is 0 Å². The van der Waals surface area contributed by atoms with E-state index in [1.165, 1.54) is 6.07 Å². The van der Waals surface area contributed by atoms with E-state index in [-0.39, 0.29) is 11.7 Å². The molecule has 0 amide bonds. The lowest BCUT2D eigenvalue weighted by Gasteiger charge is -2.16. The van der Waals surface area contributed by atoms with Crippen molar-refractivity contribution in [2.75, 3.05) is 0 Å². The molecular formula is C15H15FN2O2. The third-order valence-corrected chi connectivity index (χ3v) is 3.76. The maximum Gasteiger partial charge on any atom is 0.306 e. The molecule has 1 aliphatic rings. The number of fused-ring (bicyclic) bond motifs is 1. The van der Waals surface area contributed by atoms with Gasteiger partial charge in [0.15, 0.2) is 0 Å². The van der Waals surface area contributed by atoms with Gasteiger partial charge >= 0.3 is 5.97 Å². The highest BCUT2D eigenvalue weighted by molar-refractivity contribution is 5.70. The molecular weight excluding hydrogens is 259 g/mol. The second kappa shape index (κ2) is 5.07. The quantitative estimate of drug-likeness (QED) is 0.902. The van der Waals surface area contributed by atoms with Crippen LogP contribution in [0.3, 0.4) is 0 Å². The molecule has 5 heteroatoms. The van der Waals surface area contributed by atoms with Crippen LogP contribution in [0.5, 0.6) is 0 Å². The molecule has 0 aliphatic heterocycles. The molecule has 2 aromatic rings.